The van der Waals surface area contributed by atoms with Crippen LogP contribution < -0.4 is 38.9 Å². The average Bonchev–Trinajstić information content (AvgIpc) is 1.76. The first kappa shape index (κ1) is 118. The van der Waals surface area contributed by atoms with E-state index in [1.807, 2.05) is 44.2 Å². The Morgan fingerprint density at radius 3 is 1.46 bits per heavy atom. The second-order valence-electron chi connectivity index (χ2n) is 34.0. The monoisotopic (exact) mass is 2060 g/mol. The standard InChI is InChI=1S/C22H24N6O2.C14H10ClN5O.C9H14O2.C9H16O.C8H14ClNO2.C8H11NO2.C6H13NO.C5H7NO2.2C5H12O.C3H6Br2.C2H2Cl2O/c23-18-16-5-6-17(14-3-1-4-15(11-14)19(24)29)25-20(16)27-21(26-18)28-9-10-30-13-22(12-28)7-2-8-22;15-14-19-11(16)9-4-5-10(18-13(9)20-14)7-2-1-3-8(6-7)12(17)21;10-8-2-5-9(3-1-4-9)7-11-6-8;1-2-7-10-8-9(4-1)5-3-6-9;9-4-7(12)10-5-8(6-11)2-1-3-8;1-2-11-7(10)8(6-9)4-3-5-8;7-4-6(5-8)2-1-3-6;1-2-8-5(7)3-4-6;2*1-3-5-6-4-2;4-2-1-3-5;3-1-2(4)5/h1,3-6,11H,2,7-10,12-13H2,(H2,24,29)(H2,23,25,26,27);1-6H,(H2,17,21)(H2,16,18,19,20);1-7H2;1-8H2;11H,1-6H2,(H,10,12);2-5H2,1H3;8H,1-5,7H2;2-3H2,1H3;2*3-5H2,1-2H3;1-3H2;1H2. The van der Waals surface area contributed by atoms with Crippen LogP contribution in [0.25, 0.3) is 44.6 Å². The number of halogens is 6. The number of pyridine rings is 2. The Labute approximate surface area is 821 Å². The van der Waals surface area contributed by atoms with Crippen molar-refractivity contribution in [2.75, 3.05) is 157 Å². The smallest absolute Gasteiger partial charge is 0.326 e. The quantitative estimate of drug-likeness (QED) is 0.00917. The number of rotatable bonds is 24. The number of hydrogen-bond acceptors (Lipinski definition) is 28. The summed E-state index contributed by atoms with van der Waals surface area (Å²) >= 11 is 27.2. The summed E-state index contributed by atoms with van der Waals surface area (Å²) in [5.41, 5.74) is 33.4. The maximum atomic E-state index is 11.5. The Morgan fingerprint density at radius 1 is 0.579 bits per heavy atom. The van der Waals surface area contributed by atoms with Crippen molar-refractivity contribution in [1.29, 1.82) is 10.5 Å². The number of Topliss-reactive ketones (excluding diaryl/α,β-unsaturated/α-hetero) is 1. The largest absolute Gasteiger partial charge is 0.465 e. The number of nitrogens with one attached hydrogen (secondary N) is 1. The summed E-state index contributed by atoms with van der Waals surface area (Å²) in [5, 5.41) is 40.2. The first-order valence-electron chi connectivity index (χ1n) is 46.1. The van der Waals surface area contributed by atoms with Crippen LogP contribution in [0, 0.1) is 55.2 Å². The van der Waals surface area contributed by atoms with Crippen molar-refractivity contribution in [1.82, 2.24) is 35.2 Å². The number of aliphatic hydroxyl groups excluding tert-OH is 2. The first-order valence-corrected chi connectivity index (χ1v) is 50.2. The van der Waals surface area contributed by atoms with E-state index >= 15 is 0 Å². The number of aromatic nitrogens is 6. The summed E-state index contributed by atoms with van der Waals surface area (Å²) in [6, 6.07) is 24.9. The molecule has 7 heterocycles. The van der Waals surface area contributed by atoms with E-state index in [2.05, 4.69) is 80.6 Å². The van der Waals surface area contributed by atoms with E-state index in [0.29, 0.717) is 120 Å². The molecule has 9 aliphatic rings. The molecule has 0 radical (unpaired) electrons. The highest BCUT2D eigenvalue weighted by molar-refractivity contribution is 9.09. The lowest BCUT2D eigenvalue weighted by atomic mass is 9.67. The zero-order valence-electron chi connectivity index (χ0n) is 78.4. The Morgan fingerprint density at radius 2 is 1.06 bits per heavy atom. The van der Waals surface area contributed by atoms with Crippen LogP contribution in [0.3, 0.4) is 0 Å². The van der Waals surface area contributed by atoms with Gasteiger partial charge in [0.15, 0.2) is 22.5 Å². The number of amides is 3. The summed E-state index contributed by atoms with van der Waals surface area (Å²) < 4.78 is 35.9. The SMILES string of the molecule is BrCCCBr.C1CCC2(CCC2)COC1.CCCOCC.CCCOCC.CCOC(=O)C1(C#N)CCC1.CCOC(=O)CC#N.NC(=O)c1cccc(-c2ccc3c(N)nc(Cl)nc3n2)c1.NC(=O)c1cccc(-c2ccc3c(N)nc(N4CCOCC5(CCC5)C4)nc3n2)c1.NCC1(CO)CCC1.O=C(CCl)NCC1(CO)CCC1.O=C(Cl)CCl.O=C1CCC2(CCC2)COC1. The van der Waals surface area contributed by atoms with Crippen LogP contribution in [0.1, 0.15) is 236 Å². The predicted octanol–water partition coefficient (Wildman–Crippen LogP) is 16.6. The normalized spacial score (nSPS) is 17.4. The molecule has 0 unspecified atom stereocenters. The second-order valence-corrected chi connectivity index (χ2v) is 36.9. The number of fused-ring (bicyclic) bond motifs is 2. The molecule has 13 N–H and O–H groups in total. The van der Waals surface area contributed by atoms with Crippen LogP contribution >= 0.6 is 78.3 Å². The lowest BCUT2D eigenvalue weighted by Crippen LogP contribution is -2.44. The fourth-order valence-corrected chi connectivity index (χ4v) is 16.6. The fourth-order valence-electron chi connectivity index (χ4n) is 15.0. The number of aliphatic hydroxyl groups is 2. The number of alkyl halides is 4. The van der Waals surface area contributed by atoms with E-state index in [-0.39, 0.29) is 76.4 Å². The van der Waals surface area contributed by atoms with Gasteiger partial charge in [0.2, 0.25) is 34.2 Å². The number of ketones is 1. The summed E-state index contributed by atoms with van der Waals surface area (Å²) in [4.78, 5) is 104. The molecule has 2 aromatic carbocycles. The molecule has 3 saturated heterocycles. The van der Waals surface area contributed by atoms with Crippen molar-refractivity contribution in [3.63, 3.8) is 0 Å². The van der Waals surface area contributed by atoms with Crippen LogP contribution in [0.4, 0.5) is 17.6 Å². The maximum absolute atomic E-state index is 11.5. The number of primary amides is 2. The van der Waals surface area contributed by atoms with Crippen LogP contribution in [0.5, 0.6) is 0 Å². The molecule has 738 valence electrons. The Kier molecular flexibility index (Phi) is 56.9. The van der Waals surface area contributed by atoms with Gasteiger partial charge >= 0.3 is 11.9 Å². The van der Waals surface area contributed by atoms with Gasteiger partial charge in [-0.25, -0.2) is 15.0 Å². The number of benzene rings is 2. The average molecular weight is 2060 g/mol. The summed E-state index contributed by atoms with van der Waals surface area (Å²) in [5.74, 6) is -0.445. The third-order valence-electron chi connectivity index (χ3n) is 24.1. The van der Waals surface area contributed by atoms with Gasteiger partial charge in [-0.05, 0) is 232 Å². The van der Waals surface area contributed by atoms with Crippen LogP contribution in [0.15, 0.2) is 72.8 Å². The van der Waals surface area contributed by atoms with Gasteiger partial charge in [-0.1, -0.05) is 108 Å². The molecule has 9 fully saturated rings. The van der Waals surface area contributed by atoms with Gasteiger partial charge in [0.25, 0.3) is 0 Å². The van der Waals surface area contributed by atoms with Crippen LogP contribution in [0.2, 0.25) is 5.28 Å². The topological polar surface area (TPSA) is 495 Å². The summed E-state index contributed by atoms with van der Waals surface area (Å²) in [6.07, 6.45) is 30.1. The van der Waals surface area contributed by atoms with Gasteiger partial charge in [-0.3, -0.25) is 33.6 Å². The Bertz CT molecular complexity index is 4540. The van der Waals surface area contributed by atoms with Crippen molar-refractivity contribution in [3.8, 4) is 34.7 Å². The van der Waals surface area contributed by atoms with E-state index in [1.54, 1.807) is 68.4 Å². The van der Waals surface area contributed by atoms with Gasteiger partial charge in [0, 0.05) is 121 Å². The molecule has 133 heavy (non-hydrogen) atoms. The van der Waals surface area contributed by atoms with Crippen molar-refractivity contribution in [3.05, 3.63) is 89.2 Å². The number of nitrogens with zero attached hydrogens (tertiary/aromatic N) is 9. The highest BCUT2D eigenvalue weighted by Gasteiger charge is 2.47. The first-order chi connectivity index (χ1) is 63.9. The number of hydrogen-bond donors (Lipinski definition) is 8. The minimum Gasteiger partial charge on any atom is -0.465 e. The minimum atomic E-state index is -0.782. The van der Waals surface area contributed by atoms with Crippen LogP contribution in [-0.4, -0.2) is 222 Å². The number of carbonyl (C=O) groups excluding carboxylic acids is 7. The number of anilines is 3. The van der Waals surface area contributed by atoms with Gasteiger partial charge in [-0.2, -0.15) is 25.5 Å². The maximum Gasteiger partial charge on any atom is 0.326 e. The number of nitrogen functional groups attached to an aromatic ring is 2. The summed E-state index contributed by atoms with van der Waals surface area (Å²) in [6.45, 7) is 23.9. The molecule has 0 atom stereocenters. The van der Waals surface area contributed by atoms with E-state index in [0.717, 1.165) is 152 Å². The molecule has 6 aromatic rings. The lowest BCUT2D eigenvalue weighted by Gasteiger charge is -2.42. The molecule has 37 heteroatoms. The molecule has 3 aliphatic heterocycles. The Balaban J connectivity index is 0.000000319. The lowest BCUT2D eigenvalue weighted by molar-refractivity contribution is -0.156. The molecular formula is C96H141Br2Cl4N15O16. The molecule has 31 nitrogen and oxygen atoms in total. The molecule has 3 amide bonds. The van der Waals surface area contributed by atoms with E-state index < -0.39 is 28.4 Å². The highest BCUT2D eigenvalue weighted by atomic mass is 79.9. The molecular weight excluding hydrogens is 1920 g/mol. The summed E-state index contributed by atoms with van der Waals surface area (Å²) in [7, 11) is 0. The predicted molar refractivity (Wildman–Crippen MR) is 530 cm³/mol. The highest BCUT2D eigenvalue weighted by Crippen LogP contribution is 2.48. The molecule has 15 rings (SSSR count). The van der Waals surface area contributed by atoms with Gasteiger partial charge in [0.05, 0.1) is 86.4 Å². The molecule has 4 aromatic heterocycles. The van der Waals surface area contributed by atoms with Crippen LogP contribution in [-0.2, 0) is 57.1 Å². The van der Waals surface area contributed by atoms with E-state index in [9.17, 15) is 33.6 Å². The number of esters is 2. The molecule has 3 spiro atoms. The minimum absolute atomic E-state index is 0.00150. The second kappa shape index (κ2) is 64.4. The third kappa shape index (κ3) is 41.2. The zero-order chi connectivity index (χ0) is 98.1. The zero-order valence-corrected chi connectivity index (χ0v) is 84.6. The fraction of sp³-hybridized carbons (Fsp3) is 0.635. The van der Waals surface area contributed by atoms with E-state index in [4.69, 9.17) is 134 Å². The molecule has 6 aliphatic carbocycles. The van der Waals surface area contributed by atoms with Gasteiger partial charge in [0.1, 0.15) is 30.5 Å². The number of ether oxygens (including phenoxy) is 7. The Hall–Kier alpha value is -7.71. The molecule has 0 bridgehead atoms. The number of nitriles is 2. The van der Waals surface area contributed by atoms with Crippen molar-refractivity contribution in [2.45, 2.75) is 215 Å². The molecule has 6 saturated carbocycles. The number of nitrogens with two attached hydrogens (primary N) is 5. The van der Waals surface area contributed by atoms with Crippen molar-refractivity contribution >= 4 is 159 Å². The number of carbonyl (C=O) groups is 7. The third-order valence-corrected chi connectivity index (χ3v) is 26.1. The van der Waals surface area contributed by atoms with Crippen molar-refractivity contribution < 1.29 is 76.9 Å². The van der Waals surface area contributed by atoms with E-state index in [1.165, 1.54) is 89.9 Å². The van der Waals surface area contributed by atoms with Gasteiger partial charge < -0.3 is 82.3 Å². The van der Waals surface area contributed by atoms with Crippen molar-refractivity contribution in [2.24, 2.45) is 49.7 Å². The van der Waals surface area contributed by atoms with Gasteiger partial charge in [-0.15, -0.1) is 23.2 Å².